The SMILES string of the molecule is CCOc1cc(/C=N\NC(=O)CNc2cccc3ccccc23)ccc1OC(=O)c1cccs1. The van der Waals surface area contributed by atoms with Crippen LogP contribution in [-0.2, 0) is 4.79 Å². The van der Waals surface area contributed by atoms with Gasteiger partial charge in [-0.05, 0) is 53.6 Å². The van der Waals surface area contributed by atoms with Gasteiger partial charge in [0, 0.05) is 11.1 Å². The number of carbonyl (C=O) groups is 2. The zero-order valence-electron chi connectivity index (χ0n) is 18.5. The number of anilines is 1. The quantitative estimate of drug-likeness (QED) is 0.153. The maximum Gasteiger partial charge on any atom is 0.353 e. The van der Waals surface area contributed by atoms with E-state index in [9.17, 15) is 9.59 Å². The molecule has 34 heavy (non-hydrogen) atoms. The van der Waals surface area contributed by atoms with Crippen molar-refractivity contribution in [2.45, 2.75) is 6.92 Å². The molecule has 0 spiro atoms. The Morgan fingerprint density at radius 2 is 1.85 bits per heavy atom. The van der Waals surface area contributed by atoms with Crippen molar-refractivity contribution in [3.05, 3.63) is 88.6 Å². The lowest BCUT2D eigenvalue weighted by atomic mass is 10.1. The summed E-state index contributed by atoms with van der Waals surface area (Å²) < 4.78 is 11.1. The molecule has 4 rings (SSSR count). The first-order valence-electron chi connectivity index (χ1n) is 10.7. The highest BCUT2D eigenvalue weighted by atomic mass is 32.1. The zero-order valence-corrected chi connectivity index (χ0v) is 19.3. The number of amides is 1. The number of carbonyl (C=O) groups excluding carboxylic acids is 2. The van der Waals surface area contributed by atoms with E-state index < -0.39 is 5.97 Å². The molecule has 0 atom stereocenters. The molecular formula is C26H23N3O4S. The van der Waals surface area contributed by atoms with Crippen molar-refractivity contribution in [1.82, 2.24) is 5.43 Å². The summed E-state index contributed by atoms with van der Waals surface area (Å²) in [6.45, 7) is 2.32. The predicted molar refractivity (Wildman–Crippen MR) is 135 cm³/mol. The molecule has 1 amide bonds. The third-order valence-electron chi connectivity index (χ3n) is 4.82. The van der Waals surface area contributed by atoms with E-state index in [1.165, 1.54) is 17.6 Å². The average molecular weight is 474 g/mol. The van der Waals surface area contributed by atoms with Crippen LogP contribution in [0.15, 0.2) is 83.3 Å². The zero-order chi connectivity index (χ0) is 23.8. The lowest BCUT2D eigenvalue weighted by Crippen LogP contribution is -2.25. The first-order valence-corrected chi connectivity index (χ1v) is 11.6. The number of hydrogen-bond donors (Lipinski definition) is 2. The van der Waals surface area contributed by atoms with Gasteiger partial charge in [0.05, 0.1) is 19.4 Å². The molecule has 0 unspecified atom stereocenters. The predicted octanol–water partition coefficient (Wildman–Crippen LogP) is 5.08. The fourth-order valence-corrected chi connectivity index (χ4v) is 3.87. The fourth-order valence-electron chi connectivity index (χ4n) is 3.28. The van der Waals surface area contributed by atoms with Gasteiger partial charge in [-0.1, -0.05) is 42.5 Å². The highest BCUT2D eigenvalue weighted by Gasteiger charge is 2.14. The second-order valence-corrected chi connectivity index (χ2v) is 8.13. The highest BCUT2D eigenvalue weighted by Crippen LogP contribution is 2.29. The fraction of sp³-hybridized carbons (Fsp3) is 0.115. The Labute approximate surface area is 201 Å². The molecule has 2 N–H and O–H groups in total. The molecule has 0 radical (unpaired) electrons. The molecule has 3 aromatic carbocycles. The highest BCUT2D eigenvalue weighted by molar-refractivity contribution is 7.12. The van der Waals surface area contributed by atoms with Gasteiger partial charge in [0.15, 0.2) is 11.5 Å². The summed E-state index contributed by atoms with van der Waals surface area (Å²) in [6.07, 6.45) is 1.50. The van der Waals surface area contributed by atoms with Crippen molar-refractivity contribution in [1.29, 1.82) is 0 Å². The molecule has 0 saturated heterocycles. The van der Waals surface area contributed by atoms with Crippen molar-refractivity contribution in [3.8, 4) is 11.5 Å². The molecular weight excluding hydrogens is 450 g/mol. The van der Waals surface area contributed by atoms with Crippen molar-refractivity contribution in [3.63, 3.8) is 0 Å². The smallest absolute Gasteiger partial charge is 0.353 e. The molecule has 0 aliphatic rings. The first-order chi connectivity index (χ1) is 16.6. The molecule has 4 aromatic rings. The second kappa shape index (κ2) is 11.1. The largest absolute Gasteiger partial charge is 0.490 e. The molecule has 7 nitrogen and oxygen atoms in total. The lowest BCUT2D eigenvalue weighted by molar-refractivity contribution is -0.119. The molecule has 0 fully saturated rings. The summed E-state index contributed by atoms with van der Waals surface area (Å²) in [6, 6.07) is 22.4. The summed E-state index contributed by atoms with van der Waals surface area (Å²) in [5, 5.41) is 11.1. The Hall–Kier alpha value is -4.17. The number of ether oxygens (including phenoxy) is 2. The third kappa shape index (κ3) is 5.79. The topological polar surface area (TPSA) is 89.0 Å². The summed E-state index contributed by atoms with van der Waals surface area (Å²) in [4.78, 5) is 25.0. The molecule has 0 aliphatic heterocycles. The van der Waals surface area contributed by atoms with E-state index in [-0.39, 0.29) is 12.5 Å². The van der Waals surface area contributed by atoms with Crippen LogP contribution in [0.25, 0.3) is 10.8 Å². The summed E-state index contributed by atoms with van der Waals surface area (Å²) in [7, 11) is 0. The van der Waals surface area contributed by atoms with Crippen LogP contribution in [0.4, 0.5) is 5.69 Å². The number of hydrogen-bond acceptors (Lipinski definition) is 7. The van der Waals surface area contributed by atoms with Crippen LogP contribution in [0.5, 0.6) is 11.5 Å². The van der Waals surface area contributed by atoms with E-state index in [0.29, 0.717) is 28.5 Å². The van der Waals surface area contributed by atoms with Crippen LogP contribution in [0.1, 0.15) is 22.2 Å². The average Bonchev–Trinajstić information content (AvgIpc) is 3.40. The van der Waals surface area contributed by atoms with E-state index in [2.05, 4.69) is 15.8 Å². The van der Waals surface area contributed by atoms with Crippen molar-refractivity contribution in [2.24, 2.45) is 5.10 Å². The Morgan fingerprint density at radius 3 is 2.68 bits per heavy atom. The summed E-state index contributed by atoms with van der Waals surface area (Å²) in [5.41, 5.74) is 4.07. The standard InChI is InChI=1S/C26H23N3O4S/c1-2-32-23-15-18(12-13-22(23)33-26(31)24-11-6-14-34-24)16-28-29-25(30)17-27-21-10-5-8-19-7-3-4-9-20(19)21/h3-16,27H,2,17H2,1H3,(H,29,30)/b28-16-. The maximum atomic E-state index is 12.3. The number of benzene rings is 3. The van der Waals surface area contributed by atoms with E-state index in [0.717, 1.165) is 16.5 Å². The normalized spacial score (nSPS) is 10.9. The Morgan fingerprint density at radius 1 is 1.00 bits per heavy atom. The van der Waals surface area contributed by atoms with Crippen LogP contribution < -0.4 is 20.2 Å². The van der Waals surface area contributed by atoms with Gasteiger partial charge in [-0.25, -0.2) is 10.2 Å². The number of nitrogens with zero attached hydrogens (tertiary/aromatic N) is 1. The van der Waals surface area contributed by atoms with Gasteiger partial charge < -0.3 is 14.8 Å². The maximum absolute atomic E-state index is 12.3. The minimum Gasteiger partial charge on any atom is -0.490 e. The van der Waals surface area contributed by atoms with E-state index in [1.54, 1.807) is 30.3 Å². The molecule has 0 bridgehead atoms. The monoisotopic (exact) mass is 473 g/mol. The first kappa shape index (κ1) is 23.0. The summed E-state index contributed by atoms with van der Waals surface area (Å²) >= 11 is 1.31. The molecule has 8 heteroatoms. The minimum absolute atomic E-state index is 0.0765. The molecule has 1 aromatic heterocycles. The Bertz CT molecular complexity index is 1310. The Balaban J connectivity index is 1.35. The van der Waals surface area contributed by atoms with E-state index in [4.69, 9.17) is 9.47 Å². The molecule has 1 heterocycles. The molecule has 0 saturated carbocycles. The van der Waals surface area contributed by atoms with Crippen molar-refractivity contribution in [2.75, 3.05) is 18.5 Å². The molecule has 0 aliphatic carbocycles. The van der Waals surface area contributed by atoms with E-state index >= 15 is 0 Å². The van der Waals surface area contributed by atoms with Crippen LogP contribution in [-0.4, -0.2) is 31.2 Å². The van der Waals surface area contributed by atoms with Crippen molar-refractivity contribution >= 4 is 45.9 Å². The van der Waals surface area contributed by atoms with Gasteiger partial charge in [-0.3, -0.25) is 4.79 Å². The number of hydrazone groups is 1. The van der Waals surface area contributed by atoms with Gasteiger partial charge >= 0.3 is 5.97 Å². The van der Waals surface area contributed by atoms with E-state index in [1.807, 2.05) is 54.8 Å². The van der Waals surface area contributed by atoms with Gasteiger partial charge in [-0.15, -0.1) is 11.3 Å². The summed E-state index contributed by atoms with van der Waals surface area (Å²) in [5.74, 6) is 0.0140. The van der Waals surface area contributed by atoms with Gasteiger partial charge in [0.25, 0.3) is 5.91 Å². The number of esters is 1. The van der Waals surface area contributed by atoms with Gasteiger partial charge in [-0.2, -0.15) is 5.10 Å². The van der Waals surface area contributed by atoms with Crippen LogP contribution >= 0.6 is 11.3 Å². The van der Waals surface area contributed by atoms with Gasteiger partial charge in [0.1, 0.15) is 4.88 Å². The lowest BCUT2D eigenvalue weighted by Gasteiger charge is -2.11. The second-order valence-electron chi connectivity index (χ2n) is 7.18. The van der Waals surface area contributed by atoms with Gasteiger partial charge in [0.2, 0.25) is 0 Å². The third-order valence-corrected chi connectivity index (χ3v) is 5.67. The minimum atomic E-state index is -0.441. The number of rotatable bonds is 9. The number of fused-ring (bicyclic) bond motifs is 1. The Kier molecular flexibility index (Phi) is 7.52. The van der Waals surface area contributed by atoms with Crippen LogP contribution in [0, 0.1) is 0 Å². The molecule has 172 valence electrons. The van der Waals surface area contributed by atoms with Crippen molar-refractivity contribution < 1.29 is 19.1 Å². The van der Waals surface area contributed by atoms with Crippen LogP contribution in [0.3, 0.4) is 0 Å². The number of thiophene rings is 1. The number of nitrogens with one attached hydrogen (secondary N) is 2. The van der Waals surface area contributed by atoms with Crippen LogP contribution in [0.2, 0.25) is 0 Å².